The fraction of sp³-hybridized carbons (Fsp3) is 0.526. The molecule has 0 atom stereocenters. The van der Waals surface area contributed by atoms with Crippen LogP contribution in [-0.4, -0.2) is 49.7 Å². The molecule has 0 radical (unpaired) electrons. The van der Waals surface area contributed by atoms with Crippen molar-refractivity contribution in [3.05, 3.63) is 35.9 Å². The average molecular weight is 365 g/mol. The van der Waals surface area contributed by atoms with E-state index in [1.54, 1.807) is 39.5 Å². The van der Waals surface area contributed by atoms with Crippen molar-refractivity contribution in [1.82, 2.24) is 9.21 Å². The van der Waals surface area contributed by atoms with Gasteiger partial charge in [0.1, 0.15) is 0 Å². The third kappa shape index (κ3) is 5.16. The van der Waals surface area contributed by atoms with Crippen LogP contribution in [0.1, 0.15) is 45.1 Å². The smallest absolute Gasteiger partial charge is 0.246 e. The van der Waals surface area contributed by atoms with Gasteiger partial charge in [0.15, 0.2) is 0 Å². The summed E-state index contributed by atoms with van der Waals surface area (Å²) >= 11 is 0. The number of carbonyl (C=O) groups is 1. The molecule has 25 heavy (non-hydrogen) atoms. The summed E-state index contributed by atoms with van der Waals surface area (Å²) in [5.74, 6) is -0.0359. The van der Waals surface area contributed by atoms with E-state index < -0.39 is 10.0 Å². The Balaban J connectivity index is 2.09. The molecule has 5 nitrogen and oxygen atoms in total. The maximum absolute atomic E-state index is 12.7. The minimum Gasteiger partial charge on any atom is -0.340 e. The van der Waals surface area contributed by atoms with E-state index >= 15 is 0 Å². The molecule has 6 heteroatoms. The fourth-order valence-electron chi connectivity index (χ4n) is 2.99. The van der Waals surface area contributed by atoms with Gasteiger partial charge in [-0.1, -0.05) is 25.0 Å². The molecule has 1 aliphatic heterocycles. The highest BCUT2D eigenvalue weighted by molar-refractivity contribution is 7.89. The van der Waals surface area contributed by atoms with Crippen molar-refractivity contribution >= 4 is 22.0 Å². The highest BCUT2D eigenvalue weighted by Crippen LogP contribution is 2.21. The molecule has 1 aromatic rings. The first-order valence-corrected chi connectivity index (χ1v) is 10.5. The van der Waals surface area contributed by atoms with E-state index in [1.165, 1.54) is 6.08 Å². The molecule has 0 bridgehead atoms. The second-order valence-electron chi connectivity index (χ2n) is 6.23. The van der Waals surface area contributed by atoms with Gasteiger partial charge in [-0.3, -0.25) is 4.79 Å². The Morgan fingerprint density at radius 2 is 1.60 bits per heavy atom. The summed E-state index contributed by atoms with van der Waals surface area (Å²) in [5, 5.41) is 0. The average Bonchev–Trinajstić information content (AvgIpc) is 2.91. The second kappa shape index (κ2) is 9.15. The van der Waals surface area contributed by atoms with Crippen molar-refractivity contribution in [3.8, 4) is 0 Å². The lowest BCUT2D eigenvalue weighted by molar-refractivity contribution is -0.125. The monoisotopic (exact) mass is 364 g/mol. The number of hydrogen-bond donors (Lipinski definition) is 0. The van der Waals surface area contributed by atoms with Crippen LogP contribution >= 0.6 is 0 Å². The van der Waals surface area contributed by atoms with E-state index in [9.17, 15) is 13.2 Å². The van der Waals surface area contributed by atoms with E-state index in [4.69, 9.17) is 0 Å². The summed E-state index contributed by atoms with van der Waals surface area (Å²) in [4.78, 5) is 14.0. The molecule has 1 aliphatic rings. The fourth-order valence-corrected chi connectivity index (χ4v) is 4.51. The number of amides is 1. The minimum atomic E-state index is -3.42. The van der Waals surface area contributed by atoms with Gasteiger partial charge in [0.05, 0.1) is 4.90 Å². The second-order valence-corrected chi connectivity index (χ2v) is 8.17. The zero-order chi connectivity index (χ0) is 18.3. The van der Waals surface area contributed by atoms with E-state index in [1.807, 2.05) is 13.8 Å². The van der Waals surface area contributed by atoms with Gasteiger partial charge in [-0.25, -0.2) is 8.42 Å². The Kier molecular flexibility index (Phi) is 7.20. The van der Waals surface area contributed by atoms with E-state index in [2.05, 4.69) is 0 Å². The molecule has 1 amide bonds. The molecule has 1 saturated heterocycles. The summed E-state index contributed by atoms with van der Waals surface area (Å²) in [6.45, 7) is 6.43. The zero-order valence-electron chi connectivity index (χ0n) is 15.1. The largest absolute Gasteiger partial charge is 0.340 e. The third-order valence-electron chi connectivity index (χ3n) is 4.58. The lowest BCUT2D eigenvalue weighted by Gasteiger charge is -2.20. The summed E-state index contributed by atoms with van der Waals surface area (Å²) in [7, 11) is -3.42. The van der Waals surface area contributed by atoms with Crippen molar-refractivity contribution in [2.45, 2.75) is 44.4 Å². The standard InChI is InChI=1S/C19H28N2O3S/c1-3-20(4-2)19(22)14-11-17-9-12-18(13-10-17)25(23,24)21-15-7-5-6-8-16-21/h9-14H,3-8,15-16H2,1-2H3/b14-11+. The van der Waals surface area contributed by atoms with Crippen LogP contribution in [-0.2, 0) is 14.8 Å². The zero-order valence-corrected chi connectivity index (χ0v) is 16.0. The van der Waals surface area contributed by atoms with Gasteiger partial charge in [-0.05, 0) is 50.5 Å². The molecule has 138 valence electrons. The van der Waals surface area contributed by atoms with Crippen LogP contribution < -0.4 is 0 Å². The third-order valence-corrected chi connectivity index (χ3v) is 6.49. The van der Waals surface area contributed by atoms with Crippen molar-refractivity contribution in [2.24, 2.45) is 0 Å². The molecule has 0 N–H and O–H groups in total. The quantitative estimate of drug-likeness (QED) is 0.729. The van der Waals surface area contributed by atoms with E-state index in [0.29, 0.717) is 31.1 Å². The number of nitrogens with zero attached hydrogens (tertiary/aromatic N) is 2. The molecule has 0 aromatic heterocycles. The first-order chi connectivity index (χ1) is 12.0. The van der Waals surface area contributed by atoms with E-state index in [-0.39, 0.29) is 5.91 Å². The van der Waals surface area contributed by atoms with Crippen molar-refractivity contribution in [3.63, 3.8) is 0 Å². The maximum Gasteiger partial charge on any atom is 0.246 e. The molecular weight excluding hydrogens is 336 g/mol. The van der Waals surface area contributed by atoms with Crippen molar-refractivity contribution in [2.75, 3.05) is 26.2 Å². The number of likely N-dealkylation sites (N-methyl/N-ethyl adjacent to an activating group) is 1. The van der Waals surface area contributed by atoms with Crippen molar-refractivity contribution < 1.29 is 13.2 Å². The molecule has 1 fully saturated rings. The van der Waals surface area contributed by atoms with Crippen molar-refractivity contribution in [1.29, 1.82) is 0 Å². The Morgan fingerprint density at radius 3 is 2.12 bits per heavy atom. The topological polar surface area (TPSA) is 57.7 Å². The number of hydrogen-bond acceptors (Lipinski definition) is 3. The van der Waals surface area contributed by atoms with E-state index in [0.717, 1.165) is 31.2 Å². The van der Waals surface area contributed by atoms with Crippen LogP contribution in [0.5, 0.6) is 0 Å². The van der Waals surface area contributed by atoms with Gasteiger partial charge in [0, 0.05) is 32.3 Å². The highest BCUT2D eigenvalue weighted by atomic mass is 32.2. The highest BCUT2D eigenvalue weighted by Gasteiger charge is 2.24. The summed E-state index contributed by atoms with van der Waals surface area (Å²) < 4.78 is 27.1. The predicted molar refractivity (Wildman–Crippen MR) is 101 cm³/mol. The lowest BCUT2D eigenvalue weighted by Crippen LogP contribution is -2.31. The van der Waals surface area contributed by atoms with Gasteiger partial charge < -0.3 is 4.90 Å². The molecule has 0 saturated carbocycles. The Morgan fingerprint density at radius 1 is 1.04 bits per heavy atom. The molecule has 0 aliphatic carbocycles. The van der Waals surface area contributed by atoms with Crippen LogP contribution in [0.15, 0.2) is 35.2 Å². The number of carbonyl (C=O) groups excluding carboxylic acids is 1. The van der Waals surface area contributed by atoms with Crippen LogP contribution in [0, 0.1) is 0 Å². The predicted octanol–water partition coefficient (Wildman–Crippen LogP) is 3.13. The Bertz CT molecular complexity index is 684. The summed E-state index contributed by atoms with van der Waals surface area (Å²) in [6, 6.07) is 6.75. The van der Waals surface area contributed by atoms with Crippen LogP contribution in [0.25, 0.3) is 6.08 Å². The van der Waals surface area contributed by atoms with Crippen LogP contribution in [0.4, 0.5) is 0 Å². The molecule has 1 aromatic carbocycles. The first kappa shape index (κ1) is 19.7. The summed E-state index contributed by atoms with van der Waals surface area (Å²) in [5.41, 5.74) is 0.815. The first-order valence-electron chi connectivity index (χ1n) is 9.06. The van der Waals surface area contributed by atoms with Crippen LogP contribution in [0.3, 0.4) is 0 Å². The van der Waals surface area contributed by atoms with Gasteiger partial charge in [-0.2, -0.15) is 4.31 Å². The normalized spacial score (nSPS) is 16.7. The molecule has 2 rings (SSSR count). The Labute approximate surface area is 151 Å². The summed E-state index contributed by atoms with van der Waals surface area (Å²) in [6.07, 6.45) is 7.29. The Hall–Kier alpha value is -1.66. The van der Waals surface area contributed by atoms with Gasteiger partial charge in [0.2, 0.25) is 15.9 Å². The van der Waals surface area contributed by atoms with Gasteiger partial charge in [0.25, 0.3) is 0 Å². The van der Waals surface area contributed by atoms with Crippen LogP contribution in [0.2, 0.25) is 0 Å². The molecule has 0 unspecified atom stereocenters. The SMILES string of the molecule is CCN(CC)C(=O)/C=C/c1ccc(S(=O)(=O)N2CCCCCC2)cc1. The maximum atomic E-state index is 12.7. The molecule has 0 spiro atoms. The number of rotatable bonds is 6. The lowest BCUT2D eigenvalue weighted by atomic mass is 10.2. The van der Waals surface area contributed by atoms with Gasteiger partial charge in [-0.15, -0.1) is 0 Å². The number of benzene rings is 1. The molecular formula is C19H28N2O3S. The van der Waals surface area contributed by atoms with Gasteiger partial charge >= 0.3 is 0 Å². The molecule has 1 heterocycles. The number of sulfonamides is 1. The minimum absolute atomic E-state index is 0.0359.